The minimum absolute atomic E-state index is 0.00918. The fourth-order valence-electron chi connectivity index (χ4n) is 5.06. The normalized spacial score (nSPS) is 22.4. The van der Waals surface area contributed by atoms with E-state index in [1.165, 1.54) is 5.56 Å². The van der Waals surface area contributed by atoms with Gasteiger partial charge in [-0.2, -0.15) is 0 Å². The molecule has 5 aliphatic rings. The predicted molar refractivity (Wildman–Crippen MR) is 143 cm³/mol. The molecule has 0 amide bonds. The van der Waals surface area contributed by atoms with E-state index in [0.717, 1.165) is 68.2 Å². The van der Waals surface area contributed by atoms with Crippen LogP contribution < -0.4 is 10.6 Å². The Hall–Kier alpha value is -3.36. The van der Waals surface area contributed by atoms with Gasteiger partial charge in [0.1, 0.15) is 11.6 Å². The number of carbonyl (C=O) groups is 1. The lowest BCUT2D eigenvalue weighted by Gasteiger charge is -2.47. The Labute approximate surface area is 213 Å². The van der Waals surface area contributed by atoms with Gasteiger partial charge in [-0.25, -0.2) is 15.0 Å². The van der Waals surface area contributed by atoms with Crippen molar-refractivity contribution >= 4 is 23.2 Å². The van der Waals surface area contributed by atoms with Crippen LogP contribution in [0.15, 0.2) is 55.0 Å². The Kier molecular flexibility index (Phi) is 7.25. The van der Waals surface area contributed by atoms with Gasteiger partial charge >= 0.3 is 0 Å². The standard InChI is InChI=1S/C28H35N7O/c1-28(2)20-34-12-13-35(28)18-21-6-5-7-24(14-21)33-26-15-22(9-11-29-26)23-16-31-27(32-17-23)30-10-4-3-8-25(36)19-34/h5-7,9,11,14-17H,3-4,8,10,12-13,18-20H2,1-2H3,(H,29,33)(H,30,31,32). The summed E-state index contributed by atoms with van der Waals surface area (Å²) in [6.45, 7) is 9.47. The van der Waals surface area contributed by atoms with Crippen LogP contribution in [0, 0.1) is 0 Å². The summed E-state index contributed by atoms with van der Waals surface area (Å²) in [6.07, 6.45) is 7.86. The summed E-state index contributed by atoms with van der Waals surface area (Å²) in [5, 5.41) is 6.73. The van der Waals surface area contributed by atoms with Crippen LogP contribution in [0.3, 0.4) is 0 Å². The SMILES string of the molecule is CC1(C)CN2CCN1Cc1cccc(c1)Nc1cc(ccn1)-c1cnc(nc1)NCCCCC(=O)C2. The van der Waals surface area contributed by atoms with E-state index in [-0.39, 0.29) is 5.54 Å². The molecule has 188 valence electrons. The molecule has 1 saturated heterocycles. The molecule has 7 heterocycles. The molecule has 2 unspecified atom stereocenters. The topological polar surface area (TPSA) is 86.3 Å². The summed E-state index contributed by atoms with van der Waals surface area (Å²) in [4.78, 5) is 30.9. The number of ketones is 1. The van der Waals surface area contributed by atoms with E-state index in [2.05, 4.69) is 73.5 Å². The molecule has 3 aromatic rings. The molecule has 1 fully saturated rings. The van der Waals surface area contributed by atoms with Crippen LogP contribution in [0.2, 0.25) is 0 Å². The summed E-state index contributed by atoms with van der Waals surface area (Å²) in [5.74, 6) is 1.71. The highest BCUT2D eigenvalue weighted by Crippen LogP contribution is 2.26. The molecule has 0 radical (unpaired) electrons. The van der Waals surface area contributed by atoms with E-state index < -0.39 is 0 Å². The molecule has 8 rings (SSSR count). The van der Waals surface area contributed by atoms with Crippen molar-refractivity contribution in [3.8, 4) is 11.1 Å². The minimum atomic E-state index is -0.00918. The number of aromatic nitrogens is 3. The van der Waals surface area contributed by atoms with Crippen molar-refractivity contribution < 1.29 is 4.79 Å². The quantitative estimate of drug-likeness (QED) is 0.486. The summed E-state index contributed by atoms with van der Waals surface area (Å²) < 4.78 is 0. The number of Topliss-reactive ketones (excluding diaryl/α,β-unsaturated/α-hetero) is 1. The van der Waals surface area contributed by atoms with E-state index in [4.69, 9.17) is 0 Å². The number of benzene rings is 1. The predicted octanol–water partition coefficient (Wildman–Crippen LogP) is 4.34. The lowest BCUT2D eigenvalue weighted by atomic mass is 9.97. The molecule has 8 heteroatoms. The van der Waals surface area contributed by atoms with Crippen LogP contribution in [0.5, 0.6) is 0 Å². The number of pyridine rings is 1. The number of rotatable bonds is 0. The first kappa shape index (κ1) is 24.3. The second-order valence-electron chi connectivity index (χ2n) is 10.4. The Bertz CT molecular complexity index is 1190. The van der Waals surface area contributed by atoms with Gasteiger partial charge in [0.2, 0.25) is 5.95 Å². The molecule has 8 bridgehead atoms. The second kappa shape index (κ2) is 10.7. The third-order valence-electron chi connectivity index (χ3n) is 7.04. The van der Waals surface area contributed by atoms with Crippen LogP contribution in [0.1, 0.15) is 38.7 Å². The number of nitrogens with zero attached hydrogens (tertiary/aromatic N) is 5. The number of nitrogens with one attached hydrogen (secondary N) is 2. The van der Waals surface area contributed by atoms with Gasteiger partial charge in [-0.15, -0.1) is 0 Å². The summed E-state index contributed by atoms with van der Waals surface area (Å²) in [7, 11) is 0. The average Bonchev–Trinajstić information content (AvgIpc) is 2.85. The number of carbonyl (C=O) groups excluding carboxylic acids is 1. The third-order valence-corrected chi connectivity index (χ3v) is 7.04. The molecule has 0 spiro atoms. The highest BCUT2D eigenvalue weighted by Gasteiger charge is 2.34. The molecule has 0 aliphatic carbocycles. The monoisotopic (exact) mass is 485 g/mol. The second-order valence-corrected chi connectivity index (χ2v) is 10.4. The molecule has 2 N–H and O–H groups in total. The average molecular weight is 486 g/mol. The molecule has 8 nitrogen and oxygen atoms in total. The van der Waals surface area contributed by atoms with Crippen molar-refractivity contribution in [2.45, 2.75) is 45.2 Å². The Morgan fingerprint density at radius 3 is 2.64 bits per heavy atom. The van der Waals surface area contributed by atoms with Gasteiger partial charge in [-0.05, 0) is 62.1 Å². The maximum Gasteiger partial charge on any atom is 0.222 e. The van der Waals surface area contributed by atoms with Gasteiger partial charge in [0.25, 0.3) is 0 Å². The van der Waals surface area contributed by atoms with Crippen LogP contribution >= 0.6 is 0 Å². The lowest BCUT2D eigenvalue weighted by molar-refractivity contribution is -0.121. The van der Waals surface area contributed by atoms with Gasteiger partial charge in [-0.1, -0.05) is 12.1 Å². The van der Waals surface area contributed by atoms with Crippen molar-refractivity contribution in [3.05, 3.63) is 60.6 Å². The Balaban J connectivity index is 1.39. The minimum Gasteiger partial charge on any atom is -0.354 e. The maximum absolute atomic E-state index is 12.6. The highest BCUT2D eigenvalue weighted by atomic mass is 16.1. The Morgan fingerprint density at radius 1 is 0.944 bits per heavy atom. The van der Waals surface area contributed by atoms with E-state index in [1.54, 1.807) is 6.20 Å². The van der Waals surface area contributed by atoms with Crippen molar-refractivity contribution in [1.29, 1.82) is 0 Å². The van der Waals surface area contributed by atoms with E-state index in [1.807, 2.05) is 24.5 Å². The molecule has 2 aromatic heterocycles. The van der Waals surface area contributed by atoms with Crippen molar-refractivity contribution in [2.75, 3.05) is 43.4 Å². The van der Waals surface area contributed by atoms with E-state index >= 15 is 0 Å². The number of hydrogen-bond acceptors (Lipinski definition) is 8. The number of hydrogen-bond donors (Lipinski definition) is 2. The maximum atomic E-state index is 12.6. The van der Waals surface area contributed by atoms with Crippen LogP contribution in [0.25, 0.3) is 11.1 Å². The fraction of sp³-hybridized carbons (Fsp3) is 0.429. The summed E-state index contributed by atoms with van der Waals surface area (Å²) in [5.41, 5.74) is 4.19. The molecule has 36 heavy (non-hydrogen) atoms. The third kappa shape index (κ3) is 6.06. The summed E-state index contributed by atoms with van der Waals surface area (Å²) >= 11 is 0. The van der Waals surface area contributed by atoms with E-state index in [9.17, 15) is 4.79 Å². The zero-order chi connectivity index (χ0) is 25.0. The van der Waals surface area contributed by atoms with Gasteiger partial charge < -0.3 is 10.6 Å². The molecular formula is C28H35N7O. The van der Waals surface area contributed by atoms with Gasteiger partial charge in [0, 0.05) is 74.5 Å². The Morgan fingerprint density at radius 2 is 1.81 bits per heavy atom. The first-order valence-corrected chi connectivity index (χ1v) is 12.8. The zero-order valence-electron chi connectivity index (χ0n) is 21.2. The zero-order valence-corrected chi connectivity index (χ0v) is 21.2. The van der Waals surface area contributed by atoms with Gasteiger partial charge in [0.15, 0.2) is 0 Å². The smallest absolute Gasteiger partial charge is 0.222 e. The number of anilines is 3. The van der Waals surface area contributed by atoms with Crippen LogP contribution in [-0.4, -0.2) is 68.8 Å². The fourth-order valence-corrected chi connectivity index (χ4v) is 5.06. The first-order valence-electron chi connectivity index (χ1n) is 12.8. The van der Waals surface area contributed by atoms with Crippen molar-refractivity contribution in [2.24, 2.45) is 0 Å². The number of piperazine rings is 1. The van der Waals surface area contributed by atoms with Gasteiger partial charge in [-0.3, -0.25) is 14.6 Å². The molecule has 0 saturated carbocycles. The van der Waals surface area contributed by atoms with Crippen LogP contribution in [-0.2, 0) is 11.3 Å². The highest BCUT2D eigenvalue weighted by molar-refractivity contribution is 5.80. The molecule has 2 atom stereocenters. The van der Waals surface area contributed by atoms with Crippen LogP contribution in [0.4, 0.5) is 17.5 Å². The van der Waals surface area contributed by atoms with Gasteiger partial charge in [0.05, 0.1) is 6.54 Å². The summed E-state index contributed by atoms with van der Waals surface area (Å²) in [6, 6.07) is 12.5. The molecule has 1 aromatic carbocycles. The molecule has 5 aliphatic heterocycles. The van der Waals surface area contributed by atoms with E-state index in [0.29, 0.717) is 24.7 Å². The van der Waals surface area contributed by atoms with Crippen molar-refractivity contribution in [1.82, 2.24) is 24.8 Å². The largest absolute Gasteiger partial charge is 0.354 e. The van der Waals surface area contributed by atoms with Crippen molar-refractivity contribution in [3.63, 3.8) is 0 Å². The first-order chi connectivity index (χ1) is 17.4. The molecular weight excluding hydrogens is 450 g/mol. The lowest BCUT2D eigenvalue weighted by Crippen LogP contribution is -2.59.